The summed E-state index contributed by atoms with van der Waals surface area (Å²) < 4.78 is 19.1. The second-order valence-electron chi connectivity index (χ2n) is 8.65. The molecule has 2 fully saturated rings. The minimum absolute atomic E-state index is 0.250. The van der Waals surface area contributed by atoms with Gasteiger partial charge in [-0.05, 0) is 43.2 Å². The molecule has 0 saturated carbocycles. The van der Waals surface area contributed by atoms with Crippen LogP contribution in [-0.4, -0.2) is 48.7 Å². The monoisotopic (exact) mass is 394 g/mol. The fourth-order valence-corrected chi connectivity index (χ4v) is 4.79. The van der Waals surface area contributed by atoms with Crippen molar-refractivity contribution in [3.63, 3.8) is 0 Å². The molecule has 152 valence electrons. The maximum atomic E-state index is 13.1. The smallest absolute Gasteiger partial charge is 0.143 e. The molecule has 1 atom stereocenters. The first-order chi connectivity index (χ1) is 14.0. The number of halogens is 1. The number of likely N-dealkylation sites (tertiary alicyclic amines) is 1. The summed E-state index contributed by atoms with van der Waals surface area (Å²) in [6.45, 7) is 13.4. The van der Waals surface area contributed by atoms with Crippen molar-refractivity contribution in [1.82, 2.24) is 9.88 Å². The lowest BCUT2D eigenvalue weighted by Gasteiger charge is -2.62. The lowest BCUT2D eigenvalue weighted by Crippen LogP contribution is -2.73. The van der Waals surface area contributed by atoms with E-state index in [0.29, 0.717) is 12.0 Å². The SMILES string of the molecule is C=C(N1CC2(C1)CN(c1ccc(F)cn1)C2)N1c2ccc(CC)cc2OCC1C. The van der Waals surface area contributed by atoms with Crippen molar-refractivity contribution in [2.45, 2.75) is 26.3 Å². The fraction of sp³-hybridized carbons (Fsp3) is 0.435. The van der Waals surface area contributed by atoms with Crippen molar-refractivity contribution in [3.8, 4) is 5.75 Å². The van der Waals surface area contributed by atoms with E-state index in [9.17, 15) is 4.39 Å². The number of nitrogens with zero attached hydrogens (tertiary/aromatic N) is 4. The van der Waals surface area contributed by atoms with Crippen LogP contribution in [0.5, 0.6) is 5.75 Å². The zero-order valence-corrected chi connectivity index (χ0v) is 17.1. The third-order valence-corrected chi connectivity index (χ3v) is 6.40. The Morgan fingerprint density at radius 1 is 1.24 bits per heavy atom. The quantitative estimate of drug-likeness (QED) is 0.790. The van der Waals surface area contributed by atoms with Gasteiger partial charge in [0.2, 0.25) is 0 Å². The minimum atomic E-state index is -0.291. The summed E-state index contributed by atoms with van der Waals surface area (Å²) >= 11 is 0. The number of hydrogen-bond acceptors (Lipinski definition) is 5. The Morgan fingerprint density at radius 3 is 2.72 bits per heavy atom. The van der Waals surface area contributed by atoms with E-state index in [2.05, 4.69) is 58.3 Å². The fourth-order valence-electron chi connectivity index (χ4n) is 4.79. The van der Waals surface area contributed by atoms with E-state index in [1.54, 1.807) is 6.07 Å². The number of anilines is 2. The highest BCUT2D eigenvalue weighted by Gasteiger charge is 2.53. The zero-order chi connectivity index (χ0) is 20.2. The summed E-state index contributed by atoms with van der Waals surface area (Å²) in [5.41, 5.74) is 2.69. The van der Waals surface area contributed by atoms with Crippen LogP contribution in [0.15, 0.2) is 48.9 Å². The zero-order valence-electron chi connectivity index (χ0n) is 17.1. The third kappa shape index (κ3) is 3.02. The Hall–Kier alpha value is -2.76. The number of rotatable bonds is 4. The van der Waals surface area contributed by atoms with Gasteiger partial charge in [-0.1, -0.05) is 19.6 Å². The predicted octanol–water partition coefficient (Wildman–Crippen LogP) is 3.66. The highest BCUT2D eigenvalue weighted by molar-refractivity contribution is 5.65. The molecule has 1 aromatic heterocycles. The van der Waals surface area contributed by atoms with Gasteiger partial charge in [-0.2, -0.15) is 0 Å². The Bertz CT molecular complexity index is 930. The molecule has 5 rings (SSSR count). The van der Waals surface area contributed by atoms with E-state index in [-0.39, 0.29) is 11.9 Å². The first-order valence-corrected chi connectivity index (χ1v) is 10.3. The van der Waals surface area contributed by atoms with E-state index in [1.165, 1.54) is 17.8 Å². The molecule has 2 saturated heterocycles. The normalized spacial score (nSPS) is 21.9. The van der Waals surface area contributed by atoms with Gasteiger partial charge in [0.05, 0.1) is 17.9 Å². The molecule has 0 aliphatic carbocycles. The van der Waals surface area contributed by atoms with Crippen molar-refractivity contribution < 1.29 is 9.13 Å². The van der Waals surface area contributed by atoms with Gasteiger partial charge in [0.15, 0.2) is 0 Å². The van der Waals surface area contributed by atoms with Crippen LogP contribution in [0.2, 0.25) is 0 Å². The number of hydrogen-bond donors (Lipinski definition) is 0. The van der Waals surface area contributed by atoms with Gasteiger partial charge < -0.3 is 19.4 Å². The topological polar surface area (TPSA) is 31.8 Å². The van der Waals surface area contributed by atoms with Crippen molar-refractivity contribution in [1.29, 1.82) is 0 Å². The van der Waals surface area contributed by atoms with E-state index in [1.807, 2.05) is 0 Å². The average molecular weight is 394 g/mol. The van der Waals surface area contributed by atoms with Gasteiger partial charge >= 0.3 is 0 Å². The van der Waals surface area contributed by atoms with Crippen LogP contribution in [0, 0.1) is 11.2 Å². The number of fused-ring (bicyclic) bond motifs is 1. The van der Waals surface area contributed by atoms with Crippen LogP contribution in [0.4, 0.5) is 15.9 Å². The van der Waals surface area contributed by atoms with Crippen molar-refractivity contribution >= 4 is 11.5 Å². The molecule has 2 aromatic rings. The molecule has 1 aromatic carbocycles. The summed E-state index contributed by atoms with van der Waals surface area (Å²) in [6, 6.07) is 9.98. The van der Waals surface area contributed by atoms with Crippen molar-refractivity contribution in [2.75, 3.05) is 42.6 Å². The van der Waals surface area contributed by atoms with Crippen LogP contribution in [0.25, 0.3) is 0 Å². The van der Waals surface area contributed by atoms with Gasteiger partial charge in [-0.25, -0.2) is 9.37 Å². The number of ether oxygens (including phenoxy) is 1. The van der Waals surface area contributed by atoms with Crippen molar-refractivity contribution in [3.05, 3.63) is 60.3 Å². The number of aryl methyl sites for hydroxylation is 1. The molecule has 0 N–H and O–H groups in total. The van der Waals surface area contributed by atoms with E-state index in [4.69, 9.17) is 4.74 Å². The lowest BCUT2D eigenvalue weighted by atomic mass is 9.73. The summed E-state index contributed by atoms with van der Waals surface area (Å²) in [4.78, 5) is 11.1. The largest absolute Gasteiger partial charge is 0.489 e. The second kappa shape index (κ2) is 6.65. The maximum absolute atomic E-state index is 13.1. The molecule has 5 nitrogen and oxygen atoms in total. The number of benzene rings is 1. The highest BCUT2D eigenvalue weighted by atomic mass is 19.1. The van der Waals surface area contributed by atoms with Crippen molar-refractivity contribution in [2.24, 2.45) is 5.41 Å². The molecule has 29 heavy (non-hydrogen) atoms. The summed E-state index contributed by atoms with van der Waals surface area (Å²) in [6.07, 6.45) is 2.29. The Labute approximate surface area is 171 Å². The van der Waals surface area contributed by atoms with Crippen LogP contribution in [-0.2, 0) is 6.42 Å². The van der Waals surface area contributed by atoms with Gasteiger partial charge in [0.1, 0.15) is 29.8 Å². The molecule has 3 aliphatic heterocycles. The molecular formula is C23H27FN4O. The molecule has 0 bridgehead atoms. The molecule has 1 spiro atoms. The highest BCUT2D eigenvalue weighted by Crippen LogP contribution is 2.45. The average Bonchev–Trinajstić information content (AvgIpc) is 2.66. The molecule has 4 heterocycles. The lowest BCUT2D eigenvalue weighted by molar-refractivity contribution is 0.000135. The molecule has 0 amide bonds. The Kier molecular flexibility index (Phi) is 4.19. The molecule has 3 aliphatic rings. The Morgan fingerprint density at radius 2 is 2.03 bits per heavy atom. The second-order valence-corrected chi connectivity index (χ2v) is 8.65. The van der Waals surface area contributed by atoms with E-state index >= 15 is 0 Å². The first-order valence-electron chi connectivity index (χ1n) is 10.3. The summed E-state index contributed by atoms with van der Waals surface area (Å²) in [5, 5.41) is 0. The van der Waals surface area contributed by atoms with Crippen LogP contribution >= 0.6 is 0 Å². The third-order valence-electron chi connectivity index (χ3n) is 6.40. The molecular weight excluding hydrogens is 367 g/mol. The van der Waals surface area contributed by atoms with Gasteiger partial charge in [0, 0.05) is 31.6 Å². The summed E-state index contributed by atoms with van der Waals surface area (Å²) in [5.74, 6) is 2.57. The van der Waals surface area contributed by atoms with E-state index < -0.39 is 0 Å². The van der Waals surface area contributed by atoms with Gasteiger partial charge in [-0.3, -0.25) is 0 Å². The van der Waals surface area contributed by atoms with Crippen LogP contribution < -0.4 is 14.5 Å². The summed E-state index contributed by atoms with van der Waals surface area (Å²) in [7, 11) is 0. The number of pyridine rings is 1. The molecule has 6 heteroatoms. The number of aromatic nitrogens is 1. The van der Waals surface area contributed by atoms with E-state index in [0.717, 1.165) is 55.7 Å². The Balaban J connectivity index is 1.25. The van der Waals surface area contributed by atoms with Crippen LogP contribution in [0.1, 0.15) is 19.4 Å². The van der Waals surface area contributed by atoms with Crippen LogP contribution in [0.3, 0.4) is 0 Å². The van der Waals surface area contributed by atoms with Gasteiger partial charge in [0.25, 0.3) is 0 Å². The van der Waals surface area contributed by atoms with Gasteiger partial charge in [-0.15, -0.1) is 0 Å². The first kappa shape index (κ1) is 18.3. The maximum Gasteiger partial charge on any atom is 0.143 e. The predicted molar refractivity (Wildman–Crippen MR) is 113 cm³/mol. The minimum Gasteiger partial charge on any atom is -0.489 e. The molecule has 1 unspecified atom stereocenters. The standard InChI is InChI=1S/C23H27FN4O/c1-4-18-5-7-20-21(9-18)29-11-16(2)28(20)17(3)26-12-23(13-26)14-27(15-23)22-8-6-19(24)10-25-22/h5-10,16H,3-4,11-15H2,1-2H3. The molecule has 0 radical (unpaired) electrons.